The zero-order valence-corrected chi connectivity index (χ0v) is 14.5. The van der Waals surface area contributed by atoms with E-state index < -0.39 is 0 Å². The second-order valence-electron chi connectivity index (χ2n) is 7.08. The lowest BCUT2D eigenvalue weighted by Crippen LogP contribution is -2.51. The minimum absolute atomic E-state index is 0.0440. The number of hydrogen-bond acceptors (Lipinski definition) is 6. The average Bonchev–Trinajstić information content (AvgIpc) is 2.97. The molecule has 2 amide bonds. The molecule has 8 heteroatoms. The van der Waals surface area contributed by atoms with E-state index in [9.17, 15) is 4.79 Å². The van der Waals surface area contributed by atoms with Crippen molar-refractivity contribution < 1.29 is 14.3 Å². The van der Waals surface area contributed by atoms with Gasteiger partial charge in [-0.05, 0) is 12.5 Å². The van der Waals surface area contributed by atoms with Gasteiger partial charge in [-0.3, -0.25) is 0 Å². The Morgan fingerprint density at radius 3 is 2.48 bits per heavy atom. The lowest BCUT2D eigenvalue weighted by molar-refractivity contribution is 0.0409. The molecule has 25 heavy (non-hydrogen) atoms. The number of urea groups is 1. The molecule has 3 aliphatic heterocycles. The van der Waals surface area contributed by atoms with Crippen LogP contribution in [-0.4, -0.2) is 91.5 Å². The fraction of sp³-hybridized carbons (Fsp3) is 0.706. The summed E-state index contributed by atoms with van der Waals surface area (Å²) in [5, 5.41) is 0. The van der Waals surface area contributed by atoms with Crippen molar-refractivity contribution in [2.24, 2.45) is 5.41 Å². The molecule has 0 bridgehead atoms. The highest BCUT2D eigenvalue weighted by atomic mass is 16.5. The molecule has 1 atom stereocenters. The molecule has 0 aliphatic carbocycles. The first-order chi connectivity index (χ1) is 12.3. The van der Waals surface area contributed by atoms with E-state index in [2.05, 4.69) is 14.9 Å². The van der Waals surface area contributed by atoms with Crippen LogP contribution in [0.2, 0.25) is 0 Å². The first-order valence-electron chi connectivity index (χ1n) is 8.97. The van der Waals surface area contributed by atoms with Gasteiger partial charge in [-0.15, -0.1) is 0 Å². The Bertz CT molecular complexity index is 595. The number of rotatable bonds is 1. The minimum Gasteiger partial charge on any atom is -0.379 e. The van der Waals surface area contributed by atoms with Crippen LogP contribution < -0.4 is 4.90 Å². The second-order valence-corrected chi connectivity index (χ2v) is 7.08. The van der Waals surface area contributed by atoms with Crippen molar-refractivity contribution in [3.05, 3.63) is 18.5 Å². The van der Waals surface area contributed by atoms with Crippen LogP contribution in [-0.2, 0) is 9.47 Å². The maximum Gasteiger partial charge on any atom is 0.320 e. The summed E-state index contributed by atoms with van der Waals surface area (Å²) >= 11 is 0. The normalized spacial score (nSPS) is 27.6. The van der Waals surface area contributed by atoms with Gasteiger partial charge in [-0.2, -0.15) is 0 Å². The maximum atomic E-state index is 12.9. The van der Waals surface area contributed by atoms with Gasteiger partial charge in [0.05, 0.1) is 26.4 Å². The van der Waals surface area contributed by atoms with Gasteiger partial charge >= 0.3 is 6.03 Å². The van der Waals surface area contributed by atoms with Crippen LogP contribution in [0.3, 0.4) is 0 Å². The first kappa shape index (κ1) is 16.5. The number of amides is 2. The number of anilines is 1. The third-order valence-electron chi connectivity index (χ3n) is 5.27. The van der Waals surface area contributed by atoms with E-state index in [0.717, 1.165) is 32.0 Å². The average molecular weight is 347 g/mol. The zero-order chi connectivity index (χ0) is 17.1. The van der Waals surface area contributed by atoms with E-state index in [-0.39, 0.29) is 11.4 Å². The molecule has 0 radical (unpaired) electrons. The van der Waals surface area contributed by atoms with Crippen LogP contribution in [0.15, 0.2) is 18.5 Å². The summed E-state index contributed by atoms with van der Waals surface area (Å²) in [5.41, 5.74) is -0.0440. The van der Waals surface area contributed by atoms with Crippen LogP contribution in [0.1, 0.15) is 6.42 Å². The Kier molecular flexibility index (Phi) is 4.72. The SMILES string of the molecule is O=C(N1CCOCC1)N1CCOC[C@]2(CCN(c3ncccn3)C2)C1. The summed E-state index contributed by atoms with van der Waals surface area (Å²) in [5.74, 6) is 0.759. The second kappa shape index (κ2) is 7.13. The zero-order valence-electron chi connectivity index (χ0n) is 14.5. The van der Waals surface area contributed by atoms with Gasteiger partial charge in [0.15, 0.2) is 0 Å². The monoisotopic (exact) mass is 347 g/mol. The predicted octanol–water partition coefficient (Wildman–Crippen LogP) is 0.458. The van der Waals surface area contributed by atoms with Gasteiger partial charge in [0.25, 0.3) is 0 Å². The molecule has 4 rings (SSSR count). The van der Waals surface area contributed by atoms with Crippen LogP contribution in [0, 0.1) is 5.41 Å². The Morgan fingerprint density at radius 2 is 1.68 bits per heavy atom. The fourth-order valence-corrected chi connectivity index (χ4v) is 3.92. The Hall–Kier alpha value is -1.93. The summed E-state index contributed by atoms with van der Waals surface area (Å²) in [7, 11) is 0. The van der Waals surface area contributed by atoms with Gasteiger partial charge in [0.1, 0.15) is 0 Å². The number of nitrogens with zero attached hydrogens (tertiary/aromatic N) is 5. The summed E-state index contributed by atoms with van der Waals surface area (Å²) in [6, 6.07) is 1.94. The molecule has 1 aromatic rings. The van der Waals surface area contributed by atoms with E-state index in [0.29, 0.717) is 46.1 Å². The summed E-state index contributed by atoms with van der Waals surface area (Å²) in [6.07, 6.45) is 4.52. The summed E-state index contributed by atoms with van der Waals surface area (Å²) < 4.78 is 11.2. The van der Waals surface area contributed by atoms with E-state index in [4.69, 9.17) is 9.47 Å². The molecule has 0 unspecified atom stereocenters. The number of morpholine rings is 1. The van der Waals surface area contributed by atoms with E-state index in [1.807, 2.05) is 15.9 Å². The standard InChI is InChI=1S/C17H25N5O3/c23-16(20-6-9-24-10-7-20)22-8-11-25-14-17(13-22)2-5-21(12-17)15-18-3-1-4-19-15/h1,3-4H,2,5-14H2/t17-/m0/s1. The van der Waals surface area contributed by atoms with Gasteiger partial charge in [-0.1, -0.05) is 0 Å². The van der Waals surface area contributed by atoms with Crippen molar-refractivity contribution in [2.45, 2.75) is 6.42 Å². The summed E-state index contributed by atoms with van der Waals surface area (Å²) in [6.45, 7) is 6.98. The Morgan fingerprint density at radius 1 is 0.960 bits per heavy atom. The van der Waals surface area contributed by atoms with Crippen molar-refractivity contribution in [1.82, 2.24) is 19.8 Å². The molecular weight excluding hydrogens is 322 g/mol. The van der Waals surface area contributed by atoms with Crippen molar-refractivity contribution in [3.63, 3.8) is 0 Å². The number of ether oxygens (including phenoxy) is 2. The number of aromatic nitrogens is 2. The Labute approximate surface area is 147 Å². The van der Waals surface area contributed by atoms with Crippen LogP contribution in [0.5, 0.6) is 0 Å². The van der Waals surface area contributed by atoms with Gasteiger partial charge in [-0.25, -0.2) is 14.8 Å². The van der Waals surface area contributed by atoms with E-state index >= 15 is 0 Å². The first-order valence-corrected chi connectivity index (χ1v) is 8.97. The molecule has 136 valence electrons. The molecule has 0 aromatic carbocycles. The lowest BCUT2D eigenvalue weighted by atomic mass is 9.87. The van der Waals surface area contributed by atoms with E-state index in [1.165, 1.54) is 0 Å². The van der Waals surface area contributed by atoms with Gasteiger partial charge < -0.3 is 24.2 Å². The molecule has 8 nitrogen and oxygen atoms in total. The van der Waals surface area contributed by atoms with E-state index in [1.54, 1.807) is 12.4 Å². The third-order valence-corrected chi connectivity index (χ3v) is 5.27. The Balaban J connectivity index is 1.45. The maximum absolute atomic E-state index is 12.9. The third kappa shape index (κ3) is 3.55. The van der Waals surface area contributed by atoms with Crippen LogP contribution in [0.4, 0.5) is 10.7 Å². The van der Waals surface area contributed by atoms with Crippen molar-refractivity contribution in [1.29, 1.82) is 0 Å². The van der Waals surface area contributed by atoms with Crippen molar-refractivity contribution >= 4 is 12.0 Å². The molecule has 1 aromatic heterocycles. The molecule has 3 saturated heterocycles. The molecule has 4 heterocycles. The predicted molar refractivity (Wildman–Crippen MR) is 91.5 cm³/mol. The molecule has 1 spiro atoms. The highest BCUT2D eigenvalue weighted by molar-refractivity contribution is 5.74. The molecule has 0 saturated carbocycles. The van der Waals surface area contributed by atoms with Crippen molar-refractivity contribution in [2.75, 3.05) is 70.6 Å². The largest absolute Gasteiger partial charge is 0.379 e. The van der Waals surface area contributed by atoms with Gasteiger partial charge in [0.2, 0.25) is 5.95 Å². The van der Waals surface area contributed by atoms with Crippen LogP contribution >= 0.6 is 0 Å². The number of carbonyl (C=O) groups excluding carboxylic acids is 1. The molecule has 0 N–H and O–H groups in total. The number of hydrogen-bond donors (Lipinski definition) is 0. The van der Waals surface area contributed by atoms with Gasteiger partial charge in [0, 0.05) is 57.1 Å². The smallest absolute Gasteiger partial charge is 0.320 e. The quantitative estimate of drug-likeness (QED) is 0.735. The minimum atomic E-state index is -0.0440. The summed E-state index contributed by atoms with van der Waals surface area (Å²) in [4.78, 5) is 27.7. The lowest BCUT2D eigenvalue weighted by Gasteiger charge is -2.36. The topological polar surface area (TPSA) is 71.0 Å². The number of carbonyl (C=O) groups is 1. The molecular formula is C17H25N5O3. The highest BCUT2D eigenvalue weighted by Crippen LogP contribution is 2.35. The molecule has 3 fully saturated rings. The highest BCUT2D eigenvalue weighted by Gasteiger charge is 2.43. The van der Waals surface area contributed by atoms with Crippen LogP contribution in [0.25, 0.3) is 0 Å². The molecule has 3 aliphatic rings. The fourth-order valence-electron chi connectivity index (χ4n) is 3.92. The van der Waals surface area contributed by atoms with Crippen molar-refractivity contribution in [3.8, 4) is 0 Å².